The van der Waals surface area contributed by atoms with Crippen LogP contribution in [-0.4, -0.2) is 16.7 Å². The number of hydrogen-bond acceptors (Lipinski definition) is 4. The van der Waals surface area contributed by atoms with Gasteiger partial charge in [0, 0.05) is 5.56 Å². The van der Waals surface area contributed by atoms with Crippen LogP contribution in [0.25, 0.3) is 11.5 Å². The Morgan fingerprint density at radius 1 is 1.11 bits per heavy atom. The van der Waals surface area contributed by atoms with Crippen molar-refractivity contribution >= 4 is 0 Å². The Morgan fingerprint density at radius 3 is 2.53 bits per heavy atom. The summed E-state index contributed by atoms with van der Waals surface area (Å²) < 4.78 is 5.63. The predicted molar refractivity (Wildman–Crippen MR) is 75.4 cm³/mol. The highest BCUT2D eigenvalue weighted by molar-refractivity contribution is 5.51. The van der Waals surface area contributed by atoms with Gasteiger partial charge in [0.25, 0.3) is 0 Å². The standard InChI is InChI=1S/C15H21N3O/c1-11(2)12(3)9-16-10-14-17-18-15(19-14)13-7-5-4-6-8-13/h4-8,11-12,16H,9-10H2,1-3H3. The van der Waals surface area contributed by atoms with Crippen LogP contribution in [0.15, 0.2) is 34.7 Å². The maximum Gasteiger partial charge on any atom is 0.247 e. The molecule has 0 radical (unpaired) electrons. The first-order valence-electron chi connectivity index (χ1n) is 6.75. The maximum absolute atomic E-state index is 5.63. The SMILES string of the molecule is CC(C)C(C)CNCc1nnc(-c2ccccc2)o1. The minimum Gasteiger partial charge on any atom is -0.419 e. The van der Waals surface area contributed by atoms with Crippen molar-refractivity contribution in [2.75, 3.05) is 6.54 Å². The lowest BCUT2D eigenvalue weighted by molar-refractivity contribution is 0.378. The van der Waals surface area contributed by atoms with E-state index in [1.807, 2.05) is 30.3 Å². The summed E-state index contributed by atoms with van der Waals surface area (Å²) in [7, 11) is 0. The molecule has 0 fully saturated rings. The molecule has 2 aromatic rings. The van der Waals surface area contributed by atoms with Crippen LogP contribution in [0.3, 0.4) is 0 Å². The highest BCUT2D eigenvalue weighted by atomic mass is 16.4. The molecule has 0 aliphatic carbocycles. The van der Waals surface area contributed by atoms with Crippen LogP contribution < -0.4 is 5.32 Å². The van der Waals surface area contributed by atoms with E-state index in [9.17, 15) is 0 Å². The predicted octanol–water partition coefficient (Wildman–Crippen LogP) is 3.12. The van der Waals surface area contributed by atoms with Gasteiger partial charge in [-0.2, -0.15) is 0 Å². The van der Waals surface area contributed by atoms with Crippen molar-refractivity contribution in [2.24, 2.45) is 11.8 Å². The second-order valence-corrected chi connectivity index (χ2v) is 5.22. The topological polar surface area (TPSA) is 51.0 Å². The van der Waals surface area contributed by atoms with Crippen LogP contribution in [0.1, 0.15) is 26.7 Å². The van der Waals surface area contributed by atoms with Crippen LogP contribution in [0.4, 0.5) is 0 Å². The van der Waals surface area contributed by atoms with Gasteiger partial charge < -0.3 is 9.73 Å². The molecule has 0 aliphatic rings. The van der Waals surface area contributed by atoms with Gasteiger partial charge in [0.15, 0.2) is 0 Å². The van der Waals surface area contributed by atoms with E-state index in [0.29, 0.717) is 30.2 Å². The van der Waals surface area contributed by atoms with Gasteiger partial charge in [0.1, 0.15) is 0 Å². The maximum atomic E-state index is 5.63. The van der Waals surface area contributed by atoms with Crippen LogP contribution in [-0.2, 0) is 6.54 Å². The normalized spacial score (nSPS) is 12.8. The zero-order chi connectivity index (χ0) is 13.7. The van der Waals surface area contributed by atoms with Crippen LogP contribution >= 0.6 is 0 Å². The zero-order valence-electron chi connectivity index (χ0n) is 11.8. The van der Waals surface area contributed by atoms with Crippen molar-refractivity contribution in [1.82, 2.24) is 15.5 Å². The minimum absolute atomic E-state index is 0.578. The first kappa shape index (κ1) is 13.7. The van der Waals surface area contributed by atoms with Gasteiger partial charge in [-0.05, 0) is 30.5 Å². The summed E-state index contributed by atoms with van der Waals surface area (Å²) in [5.74, 6) is 2.52. The number of nitrogens with one attached hydrogen (secondary N) is 1. The van der Waals surface area contributed by atoms with Gasteiger partial charge >= 0.3 is 0 Å². The Hall–Kier alpha value is -1.68. The molecular formula is C15H21N3O. The largest absolute Gasteiger partial charge is 0.419 e. The molecule has 0 aliphatic heterocycles. The molecular weight excluding hydrogens is 238 g/mol. The lowest BCUT2D eigenvalue weighted by Crippen LogP contribution is -2.23. The molecule has 2 rings (SSSR count). The molecule has 1 aromatic heterocycles. The molecule has 102 valence electrons. The van der Waals surface area contributed by atoms with Crippen molar-refractivity contribution in [1.29, 1.82) is 0 Å². The van der Waals surface area contributed by atoms with Crippen molar-refractivity contribution < 1.29 is 4.42 Å². The first-order chi connectivity index (χ1) is 9.16. The molecule has 4 nitrogen and oxygen atoms in total. The van der Waals surface area contributed by atoms with E-state index in [2.05, 4.69) is 36.3 Å². The summed E-state index contributed by atoms with van der Waals surface area (Å²) in [6, 6.07) is 9.82. The summed E-state index contributed by atoms with van der Waals surface area (Å²) >= 11 is 0. The highest BCUT2D eigenvalue weighted by Crippen LogP contribution is 2.16. The Labute approximate surface area is 114 Å². The summed E-state index contributed by atoms with van der Waals surface area (Å²) in [5, 5.41) is 11.5. The average Bonchev–Trinajstić information content (AvgIpc) is 2.88. The Morgan fingerprint density at radius 2 is 1.84 bits per heavy atom. The van der Waals surface area contributed by atoms with E-state index in [4.69, 9.17) is 4.42 Å². The monoisotopic (exact) mass is 259 g/mol. The number of aromatic nitrogens is 2. The molecule has 1 atom stereocenters. The number of benzene rings is 1. The lowest BCUT2D eigenvalue weighted by atomic mass is 9.98. The molecule has 0 saturated heterocycles. The summed E-state index contributed by atoms with van der Waals surface area (Å²) in [6.45, 7) is 8.28. The van der Waals surface area contributed by atoms with Crippen molar-refractivity contribution in [3.63, 3.8) is 0 Å². The molecule has 0 bridgehead atoms. The fraction of sp³-hybridized carbons (Fsp3) is 0.467. The second kappa shape index (κ2) is 6.48. The van der Waals surface area contributed by atoms with Crippen LogP contribution in [0.2, 0.25) is 0 Å². The number of rotatable bonds is 6. The van der Waals surface area contributed by atoms with Crippen molar-refractivity contribution in [3.05, 3.63) is 36.2 Å². The quantitative estimate of drug-likeness (QED) is 0.866. The Bertz CT molecular complexity index is 493. The van der Waals surface area contributed by atoms with Gasteiger partial charge in [-0.15, -0.1) is 10.2 Å². The van der Waals surface area contributed by atoms with Gasteiger partial charge in [0.05, 0.1) is 6.54 Å². The summed E-state index contributed by atoms with van der Waals surface area (Å²) in [6.07, 6.45) is 0. The van der Waals surface area contributed by atoms with Gasteiger partial charge in [-0.3, -0.25) is 0 Å². The average molecular weight is 259 g/mol. The minimum atomic E-state index is 0.578. The molecule has 1 aromatic carbocycles. The van der Waals surface area contributed by atoms with Crippen LogP contribution in [0, 0.1) is 11.8 Å². The van der Waals surface area contributed by atoms with E-state index in [1.165, 1.54) is 0 Å². The smallest absolute Gasteiger partial charge is 0.247 e. The molecule has 1 heterocycles. The molecule has 19 heavy (non-hydrogen) atoms. The molecule has 1 N–H and O–H groups in total. The van der Waals surface area contributed by atoms with Gasteiger partial charge in [-0.1, -0.05) is 39.0 Å². The molecule has 0 saturated carbocycles. The van der Waals surface area contributed by atoms with Crippen LogP contribution in [0.5, 0.6) is 0 Å². The third kappa shape index (κ3) is 3.89. The van der Waals surface area contributed by atoms with E-state index >= 15 is 0 Å². The third-order valence-corrected chi connectivity index (χ3v) is 3.37. The van der Waals surface area contributed by atoms with E-state index < -0.39 is 0 Å². The Balaban J connectivity index is 1.88. The summed E-state index contributed by atoms with van der Waals surface area (Å²) in [5.41, 5.74) is 0.955. The Kier molecular flexibility index (Phi) is 4.68. The van der Waals surface area contributed by atoms with E-state index in [-0.39, 0.29) is 0 Å². The fourth-order valence-corrected chi connectivity index (χ4v) is 1.66. The second-order valence-electron chi connectivity index (χ2n) is 5.22. The zero-order valence-corrected chi connectivity index (χ0v) is 11.8. The number of nitrogens with zero attached hydrogens (tertiary/aromatic N) is 2. The lowest BCUT2D eigenvalue weighted by Gasteiger charge is -2.14. The van der Waals surface area contributed by atoms with E-state index in [0.717, 1.165) is 12.1 Å². The summed E-state index contributed by atoms with van der Waals surface area (Å²) in [4.78, 5) is 0. The van der Waals surface area contributed by atoms with Gasteiger partial charge in [0.2, 0.25) is 11.8 Å². The fourth-order valence-electron chi connectivity index (χ4n) is 1.66. The molecule has 4 heteroatoms. The van der Waals surface area contributed by atoms with Gasteiger partial charge in [-0.25, -0.2) is 0 Å². The number of hydrogen-bond donors (Lipinski definition) is 1. The molecule has 1 unspecified atom stereocenters. The van der Waals surface area contributed by atoms with Crippen molar-refractivity contribution in [2.45, 2.75) is 27.3 Å². The third-order valence-electron chi connectivity index (χ3n) is 3.37. The highest BCUT2D eigenvalue weighted by Gasteiger charge is 2.09. The van der Waals surface area contributed by atoms with Crippen molar-refractivity contribution in [3.8, 4) is 11.5 Å². The molecule has 0 amide bonds. The molecule has 0 spiro atoms. The van der Waals surface area contributed by atoms with E-state index in [1.54, 1.807) is 0 Å². The first-order valence-corrected chi connectivity index (χ1v) is 6.75.